The lowest BCUT2D eigenvalue weighted by Crippen LogP contribution is -2.28. The van der Waals surface area contributed by atoms with E-state index in [1.807, 2.05) is 6.92 Å². The third-order valence-electron chi connectivity index (χ3n) is 3.29. The van der Waals surface area contributed by atoms with Crippen molar-refractivity contribution in [3.8, 4) is 6.07 Å². The smallest absolute Gasteiger partial charge is 0.107 e. The molecule has 1 atom stereocenters. The van der Waals surface area contributed by atoms with Gasteiger partial charge in [0.25, 0.3) is 0 Å². The molecular weight excluding hydrogens is 305 g/mol. The summed E-state index contributed by atoms with van der Waals surface area (Å²) in [6, 6.07) is 7.62. The lowest BCUT2D eigenvalue weighted by Gasteiger charge is -2.27. The van der Waals surface area contributed by atoms with Crippen molar-refractivity contribution < 1.29 is 0 Å². The Bertz CT molecular complexity index is 686. The zero-order chi connectivity index (χ0) is 15.5. The van der Waals surface area contributed by atoms with Gasteiger partial charge in [-0.3, -0.25) is 0 Å². The number of nitrogens with zero attached hydrogens (tertiary/aromatic N) is 2. The minimum Gasteiger partial charge on any atom is -0.349 e. The van der Waals surface area contributed by atoms with Gasteiger partial charge in [-0.2, -0.15) is 5.26 Å². The predicted octanol–water partition coefficient (Wildman–Crippen LogP) is 4.69. The van der Waals surface area contributed by atoms with E-state index in [0.29, 0.717) is 22.9 Å². The zero-order valence-electron chi connectivity index (χ0n) is 11.7. The first-order valence-corrected chi connectivity index (χ1v) is 7.22. The molecule has 1 aromatic carbocycles. The molecule has 108 valence electrons. The van der Waals surface area contributed by atoms with Gasteiger partial charge in [0, 0.05) is 28.9 Å². The number of nitrogens with one attached hydrogen (secondary N) is 1. The minimum atomic E-state index is -0.814. The lowest BCUT2D eigenvalue weighted by atomic mass is 9.74. The van der Waals surface area contributed by atoms with Gasteiger partial charge in [0.05, 0.1) is 11.5 Å². The summed E-state index contributed by atoms with van der Waals surface area (Å²) < 4.78 is 0. The summed E-state index contributed by atoms with van der Waals surface area (Å²) in [5, 5.41) is 10.9. The van der Waals surface area contributed by atoms with Crippen LogP contribution < -0.4 is 0 Å². The number of aromatic nitrogens is 2. The summed E-state index contributed by atoms with van der Waals surface area (Å²) in [4.78, 5) is 7.26. The quantitative estimate of drug-likeness (QED) is 0.813. The second-order valence-electron chi connectivity index (χ2n) is 5.16. The Morgan fingerprint density at radius 1 is 1.48 bits per heavy atom. The van der Waals surface area contributed by atoms with Crippen LogP contribution in [0.4, 0.5) is 0 Å². The van der Waals surface area contributed by atoms with Crippen LogP contribution in [-0.4, -0.2) is 9.97 Å². The molecule has 2 aromatic rings. The van der Waals surface area contributed by atoms with Crippen LogP contribution in [0.1, 0.15) is 24.7 Å². The Morgan fingerprint density at radius 3 is 2.76 bits per heavy atom. The SMILES string of the molecule is C=C(C)CC(C#N)(Cc1ncc[nH]1)c1ccc(Cl)cc1Cl. The van der Waals surface area contributed by atoms with Crippen LogP contribution in [0.15, 0.2) is 42.7 Å². The zero-order valence-corrected chi connectivity index (χ0v) is 13.2. The molecule has 0 aliphatic heterocycles. The molecule has 0 amide bonds. The second-order valence-corrected chi connectivity index (χ2v) is 6.01. The second kappa shape index (κ2) is 6.34. The van der Waals surface area contributed by atoms with Crippen molar-refractivity contribution in [2.45, 2.75) is 25.2 Å². The number of imidazole rings is 1. The van der Waals surface area contributed by atoms with Crippen molar-refractivity contribution in [2.24, 2.45) is 0 Å². The molecule has 1 aromatic heterocycles. The van der Waals surface area contributed by atoms with Crippen LogP contribution in [0, 0.1) is 11.3 Å². The molecule has 1 unspecified atom stereocenters. The van der Waals surface area contributed by atoms with Gasteiger partial charge in [0.1, 0.15) is 5.82 Å². The Hall–Kier alpha value is -1.76. The van der Waals surface area contributed by atoms with E-state index in [2.05, 4.69) is 22.6 Å². The van der Waals surface area contributed by atoms with Crippen molar-refractivity contribution >= 4 is 23.2 Å². The van der Waals surface area contributed by atoms with Gasteiger partial charge >= 0.3 is 0 Å². The molecule has 0 aliphatic carbocycles. The van der Waals surface area contributed by atoms with Gasteiger partial charge in [-0.1, -0.05) is 34.8 Å². The topological polar surface area (TPSA) is 52.5 Å². The Kier molecular flexibility index (Phi) is 4.72. The average Bonchev–Trinajstić information content (AvgIpc) is 2.90. The molecule has 5 heteroatoms. The molecule has 0 bridgehead atoms. The highest BCUT2D eigenvalue weighted by molar-refractivity contribution is 6.35. The first kappa shape index (κ1) is 15.6. The van der Waals surface area contributed by atoms with Gasteiger partial charge in [-0.15, -0.1) is 6.58 Å². The number of halogens is 2. The molecule has 0 radical (unpaired) electrons. The average molecular weight is 320 g/mol. The first-order chi connectivity index (χ1) is 9.97. The van der Waals surface area contributed by atoms with Crippen LogP contribution in [0.25, 0.3) is 0 Å². The van der Waals surface area contributed by atoms with E-state index < -0.39 is 5.41 Å². The molecular formula is C16H15Cl2N3. The summed E-state index contributed by atoms with van der Waals surface area (Å²) in [5.41, 5.74) is 0.843. The Balaban J connectivity index is 2.53. The van der Waals surface area contributed by atoms with E-state index in [1.54, 1.807) is 30.6 Å². The molecule has 0 saturated carbocycles. The summed E-state index contributed by atoms with van der Waals surface area (Å²) in [5.74, 6) is 0.740. The maximum Gasteiger partial charge on any atom is 0.107 e. The van der Waals surface area contributed by atoms with E-state index in [0.717, 1.165) is 17.0 Å². The highest BCUT2D eigenvalue weighted by atomic mass is 35.5. The van der Waals surface area contributed by atoms with E-state index in [4.69, 9.17) is 23.2 Å². The highest BCUT2D eigenvalue weighted by Gasteiger charge is 2.35. The fourth-order valence-corrected chi connectivity index (χ4v) is 3.05. The van der Waals surface area contributed by atoms with Crippen molar-refractivity contribution in [2.75, 3.05) is 0 Å². The third-order valence-corrected chi connectivity index (χ3v) is 3.84. The van der Waals surface area contributed by atoms with E-state index in [9.17, 15) is 5.26 Å². The highest BCUT2D eigenvalue weighted by Crippen LogP contribution is 2.38. The van der Waals surface area contributed by atoms with Crippen molar-refractivity contribution in [1.82, 2.24) is 9.97 Å². The van der Waals surface area contributed by atoms with Gasteiger partial charge in [-0.25, -0.2) is 4.98 Å². The van der Waals surface area contributed by atoms with Crippen molar-refractivity contribution in [3.63, 3.8) is 0 Å². The molecule has 0 aliphatic rings. The molecule has 0 saturated heterocycles. The lowest BCUT2D eigenvalue weighted by molar-refractivity contribution is 0.527. The molecule has 0 spiro atoms. The van der Waals surface area contributed by atoms with E-state index in [1.165, 1.54) is 0 Å². The number of hydrogen-bond acceptors (Lipinski definition) is 2. The molecule has 2 rings (SSSR count). The normalized spacial score (nSPS) is 13.4. The van der Waals surface area contributed by atoms with E-state index >= 15 is 0 Å². The molecule has 0 fully saturated rings. The van der Waals surface area contributed by atoms with Crippen molar-refractivity contribution in [3.05, 3.63) is 64.2 Å². The van der Waals surface area contributed by atoms with E-state index in [-0.39, 0.29) is 0 Å². The molecule has 3 nitrogen and oxygen atoms in total. The van der Waals surface area contributed by atoms with Crippen LogP contribution in [0.3, 0.4) is 0 Å². The van der Waals surface area contributed by atoms with Crippen LogP contribution >= 0.6 is 23.2 Å². The Labute approximate surface area is 134 Å². The number of H-pyrrole nitrogens is 1. The summed E-state index contributed by atoms with van der Waals surface area (Å²) in [6.45, 7) is 5.84. The number of benzene rings is 1. The summed E-state index contributed by atoms with van der Waals surface area (Å²) in [7, 11) is 0. The fraction of sp³-hybridized carbons (Fsp3) is 0.250. The number of hydrogen-bond donors (Lipinski definition) is 1. The molecule has 1 N–H and O–H groups in total. The summed E-state index contributed by atoms with van der Waals surface area (Å²) >= 11 is 12.3. The van der Waals surface area contributed by atoms with Gasteiger partial charge in [-0.05, 0) is 31.0 Å². The number of rotatable bonds is 5. The minimum absolute atomic E-state index is 0.435. The standard InChI is InChI=1S/C16H15Cl2N3/c1-11(2)8-16(10-19,9-15-20-5-6-21-15)13-4-3-12(17)7-14(13)18/h3-7H,1,8-9H2,2H3,(H,20,21). The van der Waals surface area contributed by atoms with Gasteiger partial charge in [0.2, 0.25) is 0 Å². The van der Waals surface area contributed by atoms with Crippen molar-refractivity contribution in [1.29, 1.82) is 5.26 Å². The number of nitriles is 1. The number of allylic oxidation sites excluding steroid dienone is 1. The van der Waals surface area contributed by atoms with Gasteiger partial charge in [0.15, 0.2) is 0 Å². The first-order valence-electron chi connectivity index (χ1n) is 6.46. The van der Waals surface area contributed by atoms with Gasteiger partial charge < -0.3 is 4.98 Å². The predicted molar refractivity (Wildman–Crippen MR) is 85.5 cm³/mol. The third kappa shape index (κ3) is 3.47. The Morgan fingerprint density at radius 2 is 2.24 bits per heavy atom. The van der Waals surface area contributed by atoms with Crippen LogP contribution in [0.5, 0.6) is 0 Å². The monoisotopic (exact) mass is 319 g/mol. The molecule has 1 heterocycles. The summed E-state index contributed by atoms with van der Waals surface area (Å²) in [6.07, 6.45) is 4.35. The maximum atomic E-state index is 9.85. The van der Waals surface area contributed by atoms with Crippen LogP contribution in [-0.2, 0) is 11.8 Å². The molecule has 21 heavy (non-hydrogen) atoms. The fourth-order valence-electron chi connectivity index (χ4n) is 2.47. The largest absolute Gasteiger partial charge is 0.349 e. The maximum absolute atomic E-state index is 9.85. The number of aromatic amines is 1. The van der Waals surface area contributed by atoms with Crippen LogP contribution in [0.2, 0.25) is 10.0 Å².